The second-order valence-corrected chi connectivity index (χ2v) is 7.74. The normalized spacial score (nSPS) is 10.9. The highest BCUT2D eigenvalue weighted by atomic mass is 32.2. The molecule has 4 aromatic rings. The molecule has 1 N–H and O–H groups in total. The van der Waals surface area contributed by atoms with Gasteiger partial charge in [-0.15, -0.1) is 10.2 Å². The summed E-state index contributed by atoms with van der Waals surface area (Å²) in [5, 5.41) is 12.3. The lowest BCUT2D eigenvalue weighted by Gasteiger charge is -2.11. The first-order valence-electron chi connectivity index (χ1n) is 9.46. The lowest BCUT2D eigenvalue weighted by atomic mass is 10.1. The summed E-state index contributed by atoms with van der Waals surface area (Å²) in [6.07, 6.45) is 5.09. The standard InChI is InChI=1S/C22H21N5O2S/c1-15-6-3-9-19(16(15)2)24-20(28)14-30-22-26-25-21(17-7-4-10-23-12-17)27(22)13-18-8-5-11-29-18/h3-12H,13-14H2,1-2H3,(H,24,28). The van der Waals surface area contributed by atoms with Crippen molar-refractivity contribution in [2.45, 2.75) is 25.5 Å². The number of benzene rings is 1. The van der Waals surface area contributed by atoms with Crippen molar-refractivity contribution in [3.05, 3.63) is 78.0 Å². The van der Waals surface area contributed by atoms with Crippen molar-refractivity contribution < 1.29 is 9.21 Å². The quantitative estimate of drug-likeness (QED) is 0.449. The first-order chi connectivity index (χ1) is 14.6. The molecule has 7 nitrogen and oxygen atoms in total. The van der Waals surface area contributed by atoms with Crippen LogP contribution in [0.1, 0.15) is 16.9 Å². The number of anilines is 1. The third-order valence-corrected chi connectivity index (χ3v) is 5.71. The Morgan fingerprint density at radius 2 is 2.03 bits per heavy atom. The van der Waals surface area contributed by atoms with E-state index >= 15 is 0 Å². The molecule has 30 heavy (non-hydrogen) atoms. The molecule has 0 spiro atoms. The Morgan fingerprint density at radius 1 is 1.13 bits per heavy atom. The predicted molar refractivity (Wildman–Crippen MR) is 116 cm³/mol. The van der Waals surface area contributed by atoms with E-state index in [2.05, 4.69) is 20.5 Å². The fraction of sp³-hybridized carbons (Fsp3) is 0.182. The minimum absolute atomic E-state index is 0.0934. The highest BCUT2D eigenvalue weighted by molar-refractivity contribution is 7.99. The molecule has 4 rings (SSSR count). The van der Waals surface area contributed by atoms with E-state index in [1.54, 1.807) is 18.7 Å². The van der Waals surface area contributed by atoms with Crippen LogP contribution in [0.5, 0.6) is 0 Å². The van der Waals surface area contributed by atoms with Gasteiger partial charge < -0.3 is 9.73 Å². The van der Waals surface area contributed by atoms with Crippen molar-refractivity contribution in [2.75, 3.05) is 11.1 Å². The van der Waals surface area contributed by atoms with E-state index in [0.29, 0.717) is 17.5 Å². The molecule has 0 unspecified atom stereocenters. The second kappa shape index (κ2) is 8.96. The number of amides is 1. The molecule has 0 aliphatic heterocycles. The maximum Gasteiger partial charge on any atom is 0.234 e. The van der Waals surface area contributed by atoms with E-state index < -0.39 is 0 Å². The average molecular weight is 420 g/mol. The topological polar surface area (TPSA) is 85.8 Å². The molecule has 0 atom stereocenters. The second-order valence-electron chi connectivity index (χ2n) is 6.80. The Bertz CT molecular complexity index is 1140. The largest absolute Gasteiger partial charge is 0.467 e. The Balaban J connectivity index is 1.52. The Kier molecular flexibility index (Phi) is 5.94. The summed E-state index contributed by atoms with van der Waals surface area (Å²) in [7, 11) is 0. The van der Waals surface area contributed by atoms with Crippen LogP contribution >= 0.6 is 11.8 Å². The highest BCUT2D eigenvalue weighted by Crippen LogP contribution is 2.25. The van der Waals surface area contributed by atoms with E-state index in [4.69, 9.17) is 4.42 Å². The fourth-order valence-electron chi connectivity index (χ4n) is 3.01. The van der Waals surface area contributed by atoms with Crippen LogP contribution in [0.2, 0.25) is 0 Å². The Morgan fingerprint density at radius 3 is 2.80 bits per heavy atom. The zero-order valence-electron chi connectivity index (χ0n) is 16.7. The number of furan rings is 1. The maximum atomic E-state index is 12.5. The number of pyridine rings is 1. The van der Waals surface area contributed by atoms with Gasteiger partial charge in [-0.3, -0.25) is 14.3 Å². The molecule has 0 aliphatic rings. The third-order valence-electron chi connectivity index (χ3n) is 4.74. The van der Waals surface area contributed by atoms with E-state index in [0.717, 1.165) is 28.1 Å². The predicted octanol–water partition coefficient (Wildman–Crippen LogP) is 4.33. The van der Waals surface area contributed by atoms with Crippen LogP contribution in [0, 0.1) is 13.8 Å². The number of carbonyl (C=O) groups excluding carboxylic acids is 1. The van der Waals surface area contributed by atoms with Gasteiger partial charge in [0.15, 0.2) is 11.0 Å². The molecule has 0 bridgehead atoms. The average Bonchev–Trinajstić information content (AvgIpc) is 3.41. The van der Waals surface area contributed by atoms with Crippen molar-refractivity contribution in [1.29, 1.82) is 0 Å². The molecule has 0 fully saturated rings. The van der Waals surface area contributed by atoms with Crippen molar-refractivity contribution in [3.63, 3.8) is 0 Å². The van der Waals surface area contributed by atoms with Gasteiger partial charge in [0.1, 0.15) is 5.76 Å². The minimum Gasteiger partial charge on any atom is -0.467 e. The number of thioether (sulfide) groups is 1. The lowest BCUT2D eigenvalue weighted by molar-refractivity contribution is -0.113. The molecule has 3 heterocycles. The Hall–Kier alpha value is -3.39. The Labute approximate surface area is 178 Å². The van der Waals surface area contributed by atoms with Crippen molar-refractivity contribution in [1.82, 2.24) is 19.7 Å². The molecule has 0 saturated heterocycles. The van der Waals surface area contributed by atoms with Crippen LogP contribution in [0.25, 0.3) is 11.4 Å². The zero-order chi connectivity index (χ0) is 20.9. The molecular formula is C22H21N5O2S. The van der Waals surface area contributed by atoms with Crippen LogP contribution in [0.4, 0.5) is 5.69 Å². The summed E-state index contributed by atoms with van der Waals surface area (Å²) in [6.45, 7) is 4.49. The number of rotatable bonds is 7. The van der Waals surface area contributed by atoms with E-state index in [-0.39, 0.29) is 11.7 Å². The lowest BCUT2D eigenvalue weighted by Crippen LogP contribution is -2.15. The van der Waals surface area contributed by atoms with Gasteiger partial charge in [-0.05, 0) is 55.3 Å². The molecule has 3 aromatic heterocycles. The van der Waals surface area contributed by atoms with E-state index in [1.165, 1.54) is 11.8 Å². The van der Waals surface area contributed by atoms with Gasteiger partial charge in [-0.25, -0.2) is 0 Å². The third kappa shape index (κ3) is 4.44. The summed E-state index contributed by atoms with van der Waals surface area (Å²) in [4.78, 5) is 16.7. The molecule has 1 amide bonds. The van der Waals surface area contributed by atoms with Crippen LogP contribution in [0.3, 0.4) is 0 Å². The van der Waals surface area contributed by atoms with Crippen molar-refractivity contribution in [3.8, 4) is 11.4 Å². The van der Waals surface area contributed by atoms with Gasteiger partial charge in [0.25, 0.3) is 0 Å². The molecular weight excluding hydrogens is 398 g/mol. The molecule has 0 saturated carbocycles. The highest BCUT2D eigenvalue weighted by Gasteiger charge is 2.17. The van der Waals surface area contributed by atoms with Crippen LogP contribution in [0.15, 0.2) is 70.7 Å². The number of aromatic nitrogens is 4. The summed E-state index contributed by atoms with van der Waals surface area (Å²) in [5.41, 5.74) is 3.88. The molecule has 152 valence electrons. The van der Waals surface area contributed by atoms with Crippen molar-refractivity contribution in [2.24, 2.45) is 0 Å². The smallest absolute Gasteiger partial charge is 0.234 e. The van der Waals surface area contributed by atoms with Crippen LogP contribution in [-0.4, -0.2) is 31.4 Å². The number of hydrogen-bond donors (Lipinski definition) is 1. The number of hydrogen-bond acceptors (Lipinski definition) is 6. The number of carbonyl (C=O) groups is 1. The first-order valence-corrected chi connectivity index (χ1v) is 10.4. The van der Waals surface area contributed by atoms with Gasteiger partial charge in [0, 0.05) is 23.6 Å². The summed E-state index contributed by atoms with van der Waals surface area (Å²) >= 11 is 1.34. The monoisotopic (exact) mass is 419 g/mol. The summed E-state index contributed by atoms with van der Waals surface area (Å²) in [6, 6.07) is 13.4. The first kappa shape index (κ1) is 19.9. The van der Waals surface area contributed by atoms with E-state index in [1.807, 2.05) is 60.9 Å². The zero-order valence-corrected chi connectivity index (χ0v) is 17.5. The molecule has 0 aliphatic carbocycles. The number of aryl methyl sites for hydroxylation is 1. The SMILES string of the molecule is Cc1cccc(NC(=O)CSc2nnc(-c3cccnc3)n2Cc2ccco2)c1C. The molecule has 8 heteroatoms. The minimum atomic E-state index is -0.0934. The van der Waals surface area contributed by atoms with Gasteiger partial charge in [-0.1, -0.05) is 23.9 Å². The van der Waals surface area contributed by atoms with Crippen molar-refractivity contribution >= 4 is 23.4 Å². The summed E-state index contributed by atoms with van der Waals surface area (Å²) in [5.74, 6) is 1.58. The number of nitrogens with one attached hydrogen (secondary N) is 1. The maximum absolute atomic E-state index is 12.5. The van der Waals surface area contributed by atoms with Gasteiger partial charge in [-0.2, -0.15) is 0 Å². The van der Waals surface area contributed by atoms with Gasteiger partial charge in [0.2, 0.25) is 5.91 Å². The van der Waals surface area contributed by atoms with Crippen LogP contribution in [-0.2, 0) is 11.3 Å². The number of nitrogens with zero attached hydrogens (tertiary/aromatic N) is 4. The molecule has 1 aromatic carbocycles. The fourth-order valence-corrected chi connectivity index (χ4v) is 3.75. The summed E-state index contributed by atoms with van der Waals surface area (Å²) < 4.78 is 7.44. The molecule has 0 radical (unpaired) electrons. The van der Waals surface area contributed by atoms with Gasteiger partial charge in [0.05, 0.1) is 18.6 Å². The van der Waals surface area contributed by atoms with Crippen LogP contribution < -0.4 is 5.32 Å². The van der Waals surface area contributed by atoms with Gasteiger partial charge >= 0.3 is 0 Å². The van der Waals surface area contributed by atoms with E-state index in [9.17, 15) is 4.79 Å².